The first kappa shape index (κ1) is 9.38. The summed E-state index contributed by atoms with van der Waals surface area (Å²) in [6.45, 7) is 1.86. The predicted octanol–water partition coefficient (Wildman–Crippen LogP) is 1.21. The molecule has 0 unspecified atom stereocenters. The van der Waals surface area contributed by atoms with Gasteiger partial charge in [-0.15, -0.1) is 0 Å². The highest BCUT2D eigenvalue weighted by Crippen LogP contribution is 1.79. The Balaban J connectivity index is 0.000000132. The summed E-state index contributed by atoms with van der Waals surface area (Å²) in [5, 5.41) is 3.92. The van der Waals surface area contributed by atoms with E-state index in [4.69, 9.17) is 0 Å². The Labute approximate surface area is 77.3 Å². The molecule has 0 radical (unpaired) electrons. The Morgan fingerprint density at radius 3 is 2.00 bits per heavy atom. The number of pyridine rings is 1. The molecule has 0 bridgehead atoms. The van der Waals surface area contributed by atoms with E-state index in [0.29, 0.717) is 0 Å². The molecule has 4 nitrogen and oxygen atoms in total. The first-order valence-electron chi connectivity index (χ1n) is 3.96. The van der Waals surface area contributed by atoms with E-state index >= 15 is 0 Å². The van der Waals surface area contributed by atoms with Crippen LogP contribution >= 0.6 is 0 Å². The van der Waals surface area contributed by atoms with Gasteiger partial charge in [0.2, 0.25) is 0 Å². The fourth-order valence-electron chi connectivity index (χ4n) is 0.760. The normalized spacial score (nSPS) is 8.77. The lowest BCUT2D eigenvalue weighted by molar-refractivity contribution is 0.756. The molecule has 0 saturated heterocycles. The van der Waals surface area contributed by atoms with Crippen molar-refractivity contribution in [1.29, 1.82) is 0 Å². The minimum absolute atomic E-state index is 0.822. The van der Waals surface area contributed by atoms with E-state index in [1.54, 1.807) is 23.4 Å². The van der Waals surface area contributed by atoms with E-state index < -0.39 is 0 Å². The van der Waals surface area contributed by atoms with E-state index in [9.17, 15) is 0 Å². The third-order valence-electron chi connectivity index (χ3n) is 1.28. The quantitative estimate of drug-likeness (QED) is 0.606. The van der Waals surface area contributed by atoms with Crippen molar-refractivity contribution in [1.82, 2.24) is 19.7 Å². The maximum atomic E-state index is 3.92. The molecule has 0 aliphatic heterocycles. The molecule has 2 rings (SSSR count). The number of aryl methyl sites for hydroxylation is 2. The standard InChI is InChI=1S/C5H5N.C4H7N3/c1-2-4-6-5-3-1;1-4-5-3-7(2)6-4/h1-5H;3H,1-2H3. The van der Waals surface area contributed by atoms with Gasteiger partial charge in [0.25, 0.3) is 0 Å². The van der Waals surface area contributed by atoms with Gasteiger partial charge in [-0.3, -0.25) is 9.67 Å². The number of rotatable bonds is 0. The topological polar surface area (TPSA) is 43.6 Å². The Bertz CT molecular complexity index is 285. The summed E-state index contributed by atoms with van der Waals surface area (Å²) in [5.41, 5.74) is 0. The van der Waals surface area contributed by atoms with Crippen LogP contribution in [0.15, 0.2) is 36.9 Å². The molecule has 0 fully saturated rings. The monoisotopic (exact) mass is 176 g/mol. The lowest BCUT2D eigenvalue weighted by atomic mass is 10.5. The van der Waals surface area contributed by atoms with Crippen molar-refractivity contribution >= 4 is 0 Å². The molecule has 0 spiro atoms. The molecule has 2 aromatic heterocycles. The molecule has 13 heavy (non-hydrogen) atoms. The highest BCUT2D eigenvalue weighted by atomic mass is 15.3. The highest BCUT2D eigenvalue weighted by molar-refractivity contribution is 4.88. The minimum atomic E-state index is 0.822. The molecule has 0 aliphatic rings. The average molecular weight is 176 g/mol. The third kappa shape index (κ3) is 4.00. The van der Waals surface area contributed by atoms with E-state index in [1.807, 2.05) is 32.2 Å². The van der Waals surface area contributed by atoms with Gasteiger partial charge in [0.05, 0.1) is 0 Å². The van der Waals surface area contributed by atoms with Gasteiger partial charge in [-0.1, -0.05) is 6.07 Å². The Morgan fingerprint density at radius 2 is 1.85 bits per heavy atom. The summed E-state index contributed by atoms with van der Waals surface area (Å²) in [7, 11) is 1.85. The molecule has 0 aliphatic carbocycles. The Morgan fingerprint density at radius 1 is 1.15 bits per heavy atom. The van der Waals surface area contributed by atoms with Crippen molar-refractivity contribution in [2.75, 3.05) is 0 Å². The smallest absolute Gasteiger partial charge is 0.147 e. The molecule has 0 atom stereocenters. The molecule has 68 valence electrons. The minimum Gasteiger partial charge on any atom is -0.265 e. The zero-order valence-corrected chi connectivity index (χ0v) is 7.75. The number of nitrogens with zero attached hydrogens (tertiary/aromatic N) is 4. The second-order valence-electron chi connectivity index (χ2n) is 2.49. The van der Waals surface area contributed by atoms with Gasteiger partial charge in [-0.2, -0.15) is 5.10 Å². The van der Waals surface area contributed by atoms with Crippen LogP contribution in [0, 0.1) is 6.92 Å². The predicted molar refractivity (Wildman–Crippen MR) is 50.0 cm³/mol. The van der Waals surface area contributed by atoms with Gasteiger partial charge in [0.15, 0.2) is 0 Å². The van der Waals surface area contributed by atoms with Crippen LogP contribution in [0.4, 0.5) is 0 Å². The van der Waals surface area contributed by atoms with Crippen LogP contribution in [0.2, 0.25) is 0 Å². The number of aromatic nitrogens is 4. The SMILES string of the molecule is Cc1ncn(C)n1.c1ccncc1. The molecule has 0 amide bonds. The summed E-state index contributed by atoms with van der Waals surface area (Å²) >= 11 is 0. The van der Waals surface area contributed by atoms with Crippen LogP contribution in [0.3, 0.4) is 0 Å². The van der Waals surface area contributed by atoms with Crippen molar-refractivity contribution in [3.05, 3.63) is 42.7 Å². The van der Waals surface area contributed by atoms with Crippen LogP contribution in [0.5, 0.6) is 0 Å². The van der Waals surface area contributed by atoms with Crippen molar-refractivity contribution in [3.63, 3.8) is 0 Å². The molecule has 0 N–H and O–H groups in total. The fourth-order valence-corrected chi connectivity index (χ4v) is 0.760. The molecule has 2 aromatic rings. The molecule has 0 saturated carbocycles. The second kappa shape index (κ2) is 5.03. The summed E-state index contributed by atoms with van der Waals surface area (Å²) in [6.07, 6.45) is 5.18. The van der Waals surface area contributed by atoms with E-state index in [1.165, 1.54) is 0 Å². The van der Waals surface area contributed by atoms with Crippen LogP contribution < -0.4 is 0 Å². The molecule has 4 heteroatoms. The fraction of sp³-hybridized carbons (Fsp3) is 0.222. The van der Waals surface area contributed by atoms with Crippen LogP contribution in [0.1, 0.15) is 5.82 Å². The van der Waals surface area contributed by atoms with E-state index in [-0.39, 0.29) is 0 Å². The lowest BCUT2D eigenvalue weighted by Crippen LogP contribution is -1.86. The number of hydrogen-bond donors (Lipinski definition) is 0. The zero-order chi connectivity index (χ0) is 9.52. The van der Waals surface area contributed by atoms with Gasteiger partial charge in [0, 0.05) is 19.4 Å². The Hall–Kier alpha value is -1.71. The van der Waals surface area contributed by atoms with Gasteiger partial charge in [0.1, 0.15) is 12.2 Å². The van der Waals surface area contributed by atoms with Crippen molar-refractivity contribution in [2.45, 2.75) is 6.92 Å². The summed E-state index contributed by atoms with van der Waals surface area (Å²) in [4.78, 5) is 7.65. The molecule has 2 heterocycles. The van der Waals surface area contributed by atoms with Gasteiger partial charge in [-0.05, 0) is 19.1 Å². The van der Waals surface area contributed by atoms with Crippen LogP contribution in [-0.2, 0) is 7.05 Å². The van der Waals surface area contributed by atoms with Crippen LogP contribution in [-0.4, -0.2) is 19.7 Å². The summed E-state index contributed by atoms with van der Waals surface area (Å²) in [6, 6.07) is 5.72. The first-order valence-corrected chi connectivity index (χ1v) is 3.96. The largest absolute Gasteiger partial charge is 0.265 e. The maximum Gasteiger partial charge on any atom is 0.147 e. The van der Waals surface area contributed by atoms with Gasteiger partial charge >= 0.3 is 0 Å². The summed E-state index contributed by atoms with van der Waals surface area (Å²) < 4.78 is 1.68. The van der Waals surface area contributed by atoms with Crippen LogP contribution in [0.25, 0.3) is 0 Å². The highest BCUT2D eigenvalue weighted by Gasteiger charge is 1.83. The van der Waals surface area contributed by atoms with E-state index in [0.717, 1.165) is 5.82 Å². The maximum absolute atomic E-state index is 3.92. The zero-order valence-electron chi connectivity index (χ0n) is 7.75. The first-order chi connectivity index (χ1) is 6.29. The third-order valence-corrected chi connectivity index (χ3v) is 1.28. The second-order valence-corrected chi connectivity index (χ2v) is 2.49. The van der Waals surface area contributed by atoms with Gasteiger partial charge in [-0.25, -0.2) is 4.98 Å². The summed E-state index contributed by atoms with van der Waals surface area (Å²) in [5.74, 6) is 0.822. The average Bonchev–Trinajstić information content (AvgIpc) is 2.54. The molecular formula is C9H12N4. The van der Waals surface area contributed by atoms with Crippen molar-refractivity contribution in [2.24, 2.45) is 7.05 Å². The molecular weight excluding hydrogens is 164 g/mol. The Kier molecular flexibility index (Phi) is 3.63. The van der Waals surface area contributed by atoms with Gasteiger partial charge < -0.3 is 0 Å². The van der Waals surface area contributed by atoms with Crippen molar-refractivity contribution < 1.29 is 0 Å². The van der Waals surface area contributed by atoms with E-state index in [2.05, 4.69) is 15.1 Å². The number of hydrogen-bond acceptors (Lipinski definition) is 3. The van der Waals surface area contributed by atoms with Crippen molar-refractivity contribution in [3.8, 4) is 0 Å². The lowest BCUT2D eigenvalue weighted by Gasteiger charge is -1.76. The molecule has 0 aromatic carbocycles.